The van der Waals surface area contributed by atoms with Crippen molar-refractivity contribution in [1.82, 2.24) is 0 Å². The summed E-state index contributed by atoms with van der Waals surface area (Å²) in [4.78, 5) is 3.28. The predicted molar refractivity (Wildman–Crippen MR) is 52.4 cm³/mol. The molecule has 1 heterocycles. The van der Waals surface area contributed by atoms with Crippen molar-refractivity contribution in [3.8, 4) is 0 Å². The van der Waals surface area contributed by atoms with Crippen molar-refractivity contribution in [3.05, 3.63) is 11.4 Å². The van der Waals surface area contributed by atoms with Crippen LogP contribution in [0.3, 0.4) is 0 Å². The maximum absolute atomic E-state index is 6.68. The minimum Gasteiger partial charge on any atom is -0.403 e. The van der Waals surface area contributed by atoms with Gasteiger partial charge in [-0.2, -0.15) is 0 Å². The molecule has 0 unspecified atom stereocenters. The number of nitrogens with zero attached hydrogens (tertiary/aromatic N) is 1. The molecule has 0 N–H and O–H groups in total. The van der Waals surface area contributed by atoms with E-state index in [4.69, 9.17) is 15.9 Å². The minimum atomic E-state index is -0.264. The van der Waals surface area contributed by atoms with Gasteiger partial charge in [-0.3, -0.25) is 0 Å². The van der Waals surface area contributed by atoms with Gasteiger partial charge in [0, 0.05) is 0 Å². The largest absolute Gasteiger partial charge is 0.465 e. The van der Waals surface area contributed by atoms with Crippen molar-refractivity contribution in [2.45, 2.75) is 45.2 Å². The van der Waals surface area contributed by atoms with Crippen LogP contribution in [0.2, 0.25) is 6.32 Å². The number of hydrogen-bond donors (Lipinski definition) is 0. The first kappa shape index (κ1) is 10.6. The molecule has 72 valence electrons. The van der Waals surface area contributed by atoms with Crippen molar-refractivity contribution in [1.29, 1.82) is 0 Å². The van der Waals surface area contributed by atoms with Gasteiger partial charge < -0.3 is 14.2 Å². The van der Waals surface area contributed by atoms with E-state index in [0.717, 1.165) is 0 Å². The maximum Gasteiger partial charge on any atom is 0.465 e. The van der Waals surface area contributed by atoms with Crippen LogP contribution in [-0.4, -0.2) is 24.9 Å². The van der Waals surface area contributed by atoms with Gasteiger partial charge in [-0.05, 0) is 27.7 Å². The van der Waals surface area contributed by atoms with Crippen LogP contribution in [0.5, 0.6) is 0 Å². The van der Waals surface area contributed by atoms with Gasteiger partial charge in [0.05, 0.1) is 17.5 Å². The Labute approximate surface area is 80.4 Å². The third-order valence-corrected chi connectivity index (χ3v) is 2.78. The zero-order valence-corrected chi connectivity index (χ0v) is 8.76. The van der Waals surface area contributed by atoms with Crippen molar-refractivity contribution >= 4 is 7.12 Å². The van der Waals surface area contributed by atoms with E-state index in [1.807, 2.05) is 27.7 Å². The Morgan fingerprint density at radius 1 is 1.15 bits per heavy atom. The molecule has 0 radical (unpaired) electrons. The average molecular weight is 181 g/mol. The molecular formula is C9H16BNO2. The lowest BCUT2D eigenvalue weighted by atomic mass is 9.85. The van der Waals surface area contributed by atoms with Gasteiger partial charge >= 0.3 is 7.12 Å². The maximum atomic E-state index is 6.68. The van der Waals surface area contributed by atoms with Crippen molar-refractivity contribution in [2.24, 2.45) is 0 Å². The van der Waals surface area contributed by atoms with E-state index in [-0.39, 0.29) is 18.3 Å². The van der Waals surface area contributed by atoms with E-state index in [1.165, 1.54) is 0 Å². The Morgan fingerprint density at radius 3 is 2.00 bits per heavy atom. The molecule has 13 heavy (non-hydrogen) atoms. The second kappa shape index (κ2) is 3.32. The minimum absolute atomic E-state index is 0.209. The molecule has 3 nitrogen and oxygen atoms in total. The summed E-state index contributed by atoms with van der Waals surface area (Å²) in [5.41, 5.74) is -0.528. The van der Waals surface area contributed by atoms with Gasteiger partial charge in [0.15, 0.2) is 0 Å². The van der Waals surface area contributed by atoms with E-state index >= 15 is 0 Å². The van der Waals surface area contributed by atoms with Crippen LogP contribution in [-0.2, 0) is 9.31 Å². The molecule has 0 atom stereocenters. The van der Waals surface area contributed by atoms with Crippen molar-refractivity contribution < 1.29 is 9.31 Å². The quantitative estimate of drug-likeness (QED) is 0.480. The van der Waals surface area contributed by atoms with Gasteiger partial charge in [0.2, 0.25) is 6.54 Å². The van der Waals surface area contributed by atoms with E-state index in [1.54, 1.807) is 0 Å². The van der Waals surface area contributed by atoms with Crippen LogP contribution in [0.15, 0.2) is 0 Å². The van der Waals surface area contributed by atoms with Gasteiger partial charge in [0.1, 0.15) is 0 Å². The topological polar surface area (TPSA) is 22.8 Å². The third kappa shape index (κ3) is 2.04. The lowest BCUT2D eigenvalue weighted by Crippen LogP contribution is -2.41. The third-order valence-electron chi connectivity index (χ3n) is 2.78. The van der Waals surface area contributed by atoms with Gasteiger partial charge in [0.25, 0.3) is 0 Å². The van der Waals surface area contributed by atoms with E-state index in [9.17, 15) is 0 Å². The number of rotatable bonds is 2. The molecule has 1 aliphatic rings. The zero-order chi connectivity index (χ0) is 10.1. The summed E-state index contributed by atoms with van der Waals surface area (Å²) >= 11 is 0. The molecule has 0 bridgehead atoms. The summed E-state index contributed by atoms with van der Waals surface area (Å²) in [6.07, 6.45) is 0.663. The number of hydrogen-bond acceptors (Lipinski definition) is 2. The molecular weight excluding hydrogens is 165 g/mol. The van der Waals surface area contributed by atoms with Crippen LogP contribution in [0.25, 0.3) is 4.85 Å². The summed E-state index contributed by atoms with van der Waals surface area (Å²) in [5, 5.41) is 0. The highest BCUT2D eigenvalue weighted by atomic mass is 16.7. The Bertz CT molecular complexity index is 216. The lowest BCUT2D eigenvalue weighted by molar-refractivity contribution is 0.00578. The van der Waals surface area contributed by atoms with E-state index < -0.39 is 0 Å². The molecule has 0 aromatic heterocycles. The SMILES string of the molecule is [C-]#[N+]CCB1OC(C)(C)C(C)(C)O1. The average Bonchev–Trinajstić information content (AvgIpc) is 2.17. The second-order valence-electron chi connectivity index (χ2n) is 4.36. The van der Waals surface area contributed by atoms with Crippen LogP contribution in [0.1, 0.15) is 27.7 Å². The molecule has 0 spiro atoms. The van der Waals surface area contributed by atoms with Gasteiger partial charge in [-0.15, -0.1) is 0 Å². The summed E-state index contributed by atoms with van der Waals surface area (Å²) in [6, 6.07) is 0. The molecule has 0 amide bonds. The van der Waals surface area contributed by atoms with Crippen molar-refractivity contribution in [2.75, 3.05) is 6.54 Å². The molecule has 4 heteroatoms. The molecule has 0 saturated carbocycles. The zero-order valence-electron chi connectivity index (χ0n) is 8.76. The fourth-order valence-electron chi connectivity index (χ4n) is 1.25. The fraction of sp³-hybridized carbons (Fsp3) is 0.889. The molecule has 1 saturated heterocycles. The molecule has 1 rings (SSSR count). The normalized spacial score (nSPS) is 24.4. The molecule has 0 aliphatic carbocycles. The first-order valence-corrected chi connectivity index (χ1v) is 4.58. The van der Waals surface area contributed by atoms with Crippen LogP contribution in [0, 0.1) is 6.57 Å². The van der Waals surface area contributed by atoms with Crippen LogP contribution >= 0.6 is 0 Å². The van der Waals surface area contributed by atoms with E-state index in [2.05, 4.69) is 4.85 Å². The predicted octanol–water partition coefficient (Wildman–Crippen LogP) is 2.00. The standard InChI is InChI=1S/C9H16BNO2/c1-8(2)9(3,4)13-10(12-8)6-7-11-5/h6-7H2,1-4H3. The van der Waals surface area contributed by atoms with Gasteiger partial charge in [-0.1, -0.05) is 0 Å². The molecule has 0 aromatic rings. The first-order valence-electron chi connectivity index (χ1n) is 4.58. The lowest BCUT2D eigenvalue weighted by Gasteiger charge is -2.32. The Balaban J connectivity index is 2.56. The highest BCUT2D eigenvalue weighted by molar-refractivity contribution is 6.45. The Hall–Kier alpha value is -0.525. The summed E-state index contributed by atoms with van der Waals surface area (Å²) < 4.78 is 11.4. The highest BCUT2D eigenvalue weighted by Crippen LogP contribution is 2.37. The summed E-state index contributed by atoms with van der Waals surface area (Å²) in [5.74, 6) is 0. The molecule has 0 aromatic carbocycles. The smallest absolute Gasteiger partial charge is 0.403 e. The molecule has 1 aliphatic heterocycles. The second-order valence-corrected chi connectivity index (χ2v) is 4.36. The van der Waals surface area contributed by atoms with E-state index in [0.29, 0.717) is 12.9 Å². The summed E-state index contributed by atoms with van der Waals surface area (Å²) in [7, 11) is -0.209. The highest BCUT2D eigenvalue weighted by Gasteiger charge is 2.50. The summed E-state index contributed by atoms with van der Waals surface area (Å²) in [6.45, 7) is 15.2. The Kier molecular flexibility index (Phi) is 2.70. The van der Waals surface area contributed by atoms with Gasteiger partial charge in [-0.25, -0.2) is 6.57 Å². The van der Waals surface area contributed by atoms with Crippen molar-refractivity contribution in [3.63, 3.8) is 0 Å². The first-order chi connectivity index (χ1) is 5.89. The fourth-order valence-corrected chi connectivity index (χ4v) is 1.25. The van der Waals surface area contributed by atoms with Crippen LogP contribution in [0.4, 0.5) is 0 Å². The molecule has 1 fully saturated rings. The monoisotopic (exact) mass is 181 g/mol. The van der Waals surface area contributed by atoms with Crippen LogP contribution < -0.4 is 0 Å². The Morgan fingerprint density at radius 2 is 1.62 bits per heavy atom.